The summed E-state index contributed by atoms with van der Waals surface area (Å²) in [5.41, 5.74) is 0. The molecule has 0 aliphatic heterocycles. The van der Waals surface area contributed by atoms with Gasteiger partial charge in [0.05, 0.1) is 0 Å². The molecule has 1 N–H and O–H groups in total. The molecule has 0 bridgehead atoms. The van der Waals surface area contributed by atoms with E-state index in [4.69, 9.17) is 5.11 Å². The number of allylic oxidation sites excluding steroid dienone is 1. The zero-order valence-corrected chi connectivity index (χ0v) is 7.93. The van der Waals surface area contributed by atoms with Crippen LogP contribution in [0.3, 0.4) is 0 Å². The third kappa shape index (κ3) is 15.7. The zero-order chi connectivity index (χ0) is 8.57. The van der Waals surface area contributed by atoms with Crippen molar-refractivity contribution >= 4 is 16.2 Å². The molecular formula is C6H11FO2Si. The molecule has 0 atom stereocenters. The first-order chi connectivity index (χ1) is 4.56. The highest BCUT2D eigenvalue weighted by molar-refractivity contribution is 6.09. The van der Waals surface area contributed by atoms with Crippen molar-refractivity contribution in [2.45, 2.75) is 6.04 Å². The number of carboxylic acids is 1. The predicted molar refractivity (Wildman–Crippen MR) is 42.8 cm³/mol. The summed E-state index contributed by atoms with van der Waals surface area (Å²) in [5, 5.41) is 7.52. The number of hydrogen-bond acceptors (Lipinski definition) is 1. The first-order valence-corrected chi connectivity index (χ1v) is 4.16. The molecule has 0 fully saturated rings. The summed E-state index contributed by atoms with van der Waals surface area (Å²) < 4.78 is 11.0. The van der Waals surface area contributed by atoms with Crippen molar-refractivity contribution in [1.29, 1.82) is 0 Å². The van der Waals surface area contributed by atoms with E-state index in [-0.39, 0.29) is 0 Å². The fourth-order valence-corrected chi connectivity index (χ4v) is 0. The van der Waals surface area contributed by atoms with Crippen LogP contribution in [0, 0.1) is 0 Å². The van der Waals surface area contributed by atoms with Gasteiger partial charge in [-0.3, -0.25) is 0 Å². The van der Waals surface area contributed by atoms with Crippen LogP contribution in [0.5, 0.6) is 0 Å². The van der Waals surface area contributed by atoms with E-state index in [1.165, 1.54) is 16.3 Å². The SMILES string of the molecule is C=C(F)C(=O)O.C=CC[SiH3]. The Balaban J connectivity index is 0. The minimum absolute atomic E-state index is 1.22. The second kappa shape index (κ2) is 8.10. The van der Waals surface area contributed by atoms with Gasteiger partial charge in [0.1, 0.15) is 0 Å². The quantitative estimate of drug-likeness (QED) is 0.365. The average molecular weight is 162 g/mol. The molecule has 0 saturated carbocycles. The van der Waals surface area contributed by atoms with Crippen molar-refractivity contribution in [3.05, 3.63) is 25.1 Å². The van der Waals surface area contributed by atoms with Gasteiger partial charge in [-0.1, -0.05) is 12.7 Å². The van der Waals surface area contributed by atoms with Gasteiger partial charge in [0.25, 0.3) is 0 Å². The standard InChI is InChI=1S/C3H3FO2.C3H8Si/c1-2(4)3(5)6;1-2-3-4/h1H2,(H,5,6);2H,1,3H2,4H3. The van der Waals surface area contributed by atoms with Crippen molar-refractivity contribution in [1.82, 2.24) is 0 Å². The van der Waals surface area contributed by atoms with Gasteiger partial charge in [-0.05, 0) is 6.04 Å². The number of aliphatic carboxylic acids is 1. The molecule has 0 aliphatic carbocycles. The third-order valence-electron chi connectivity index (χ3n) is 0.521. The van der Waals surface area contributed by atoms with Crippen LogP contribution in [0.15, 0.2) is 25.1 Å². The molecule has 0 spiro atoms. The van der Waals surface area contributed by atoms with E-state index in [0.717, 1.165) is 0 Å². The van der Waals surface area contributed by atoms with E-state index in [9.17, 15) is 9.18 Å². The Labute approximate surface area is 62.5 Å². The maximum absolute atomic E-state index is 11.0. The fraction of sp³-hybridized carbons (Fsp3) is 0.167. The third-order valence-corrected chi connectivity index (χ3v) is 1.10. The molecule has 0 aliphatic rings. The molecule has 0 aromatic carbocycles. The lowest BCUT2D eigenvalue weighted by molar-refractivity contribution is -0.134. The Bertz CT molecular complexity index is 122. The van der Waals surface area contributed by atoms with Gasteiger partial charge in [0, 0.05) is 10.2 Å². The minimum atomic E-state index is -1.60. The maximum atomic E-state index is 11.0. The normalized spacial score (nSPS) is 7.30. The average Bonchev–Trinajstić information content (AvgIpc) is 1.89. The Morgan fingerprint density at radius 1 is 1.80 bits per heavy atom. The van der Waals surface area contributed by atoms with Gasteiger partial charge < -0.3 is 5.11 Å². The highest BCUT2D eigenvalue weighted by Crippen LogP contribution is 1.86. The van der Waals surface area contributed by atoms with Crippen LogP contribution >= 0.6 is 0 Å². The first-order valence-electron chi connectivity index (χ1n) is 2.74. The first kappa shape index (κ1) is 11.8. The largest absolute Gasteiger partial charge is 0.476 e. The van der Waals surface area contributed by atoms with Gasteiger partial charge in [0.15, 0.2) is 0 Å². The summed E-state index contributed by atoms with van der Waals surface area (Å²) in [6, 6.07) is 1.22. The lowest BCUT2D eigenvalue weighted by Gasteiger charge is -1.75. The second-order valence-corrected chi connectivity index (χ2v) is 2.22. The van der Waals surface area contributed by atoms with E-state index >= 15 is 0 Å². The molecule has 0 aromatic heterocycles. The fourth-order valence-electron chi connectivity index (χ4n) is 0. The minimum Gasteiger partial charge on any atom is -0.476 e. The summed E-state index contributed by atoms with van der Waals surface area (Å²) >= 11 is 0. The predicted octanol–water partition coefficient (Wildman–Crippen LogP) is 0.510. The van der Waals surface area contributed by atoms with Crippen molar-refractivity contribution in [2.75, 3.05) is 0 Å². The van der Waals surface area contributed by atoms with Crippen molar-refractivity contribution < 1.29 is 14.3 Å². The molecule has 0 amide bonds. The van der Waals surface area contributed by atoms with E-state index < -0.39 is 11.8 Å². The number of halogens is 1. The smallest absolute Gasteiger partial charge is 0.364 e. The number of carbonyl (C=O) groups is 1. The highest BCUT2D eigenvalue weighted by Gasteiger charge is 1.96. The molecular weight excluding hydrogens is 151 g/mol. The van der Waals surface area contributed by atoms with E-state index in [0.29, 0.717) is 0 Å². The topological polar surface area (TPSA) is 37.3 Å². The molecule has 0 saturated heterocycles. The zero-order valence-electron chi connectivity index (χ0n) is 5.93. The Morgan fingerprint density at radius 2 is 2.00 bits per heavy atom. The van der Waals surface area contributed by atoms with Crippen LogP contribution < -0.4 is 0 Å². The van der Waals surface area contributed by atoms with Gasteiger partial charge >= 0.3 is 5.97 Å². The van der Waals surface area contributed by atoms with Crippen LogP contribution in [0.2, 0.25) is 6.04 Å². The molecule has 0 heterocycles. The summed E-state index contributed by atoms with van der Waals surface area (Å²) in [5.74, 6) is -2.93. The van der Waals surface area contributed by atoms with Crippen LogP contribution in [0.25, 0.3) is 0 Å². The van der Waals surface area contributed by atoms with Crippen molar-refractivity contribution in [3.63, 3.8) is 0 Å². The molecule has 0 aromatic rings. The van der Waals surface area contributed by atoms with Crippen LogP contribution in [-0.2, 0) is 4.79 Å². The molecule has 0 unspecified atom stereocenters. The summed E-state index contributed by atoms with van der Waals surface area (Å²) in [6.07, 6.45) is 1.94. The van der Waals surface area contributed by atoms with E-state index in [1.807, 2.05) is 6.08 Å². The van der Waals surface area contributed by atoms with Gasteiger partial charge in [-0.2, -0.15) is 4.39 Å². The van der Waals surface area contributed by atoms with Gasteiger partial charge in [0.2, 0.25) is 5.83 Å². The van der Waals surface area contributed by atoms with Gasteiger partial charge in [-0.15, -0.1) is 6.58 Å². The lowest BCUT2D eigenvalue weighted by atomic mass is 10.6. The molecule has 58 valence electrons. The van der Waals surface area contributed by atoms with Crippen LogP contribution in [0.4, 0.5) is 4.39 Å². The van der Waals surface area contributed by atoms with Crippen LogP contribution in [0.1, 0.15) is 0 Å². The van der Waals surface area contributed by atoms with Crippen molar-refractivity contribution in [2.24, 2.45) is 0 Å². The Morgan fingerprint density at radius 3 is 2.00 bits per heavy atom. The molecule has 0 radical (unpaired) electrons. The number of rotatable bonds is 2. The molecule has 0 rings (SSSR count). The lowest BCUT2D eigenvalue weighted by Crippen LogP contribution is -1.90. The summed E-state index contributed by atoms with van der Waals surface area (Å²) in [6.45, 7) is 6.00. The molecule has 2 nitrogen and oxygen atoms in total. The highest BCUT2D eigenvalue weighted by atomic mass is 28.1. The van der Waals surface area contributed by atoms with Crippen LogP contribution in [-0.4, -0.2) is 21.3 Å². The molecule has 10 heavy (non-hydrogen) atoms. The monoisotopic (exact) mass is 162 g/mol. The molecule has 4 heteroatoms. The van der Waals surface area contributed by atoms with E-state index in [2.05, 4.69) is 13.2 Å². The Hall–Kier alpha value is -0.903. The van der Waals surface area contributed by atoms with Crippen molar-refractivity contribution in [3.8, 4) is 0 Å². The van der Waals surface area contributed by atoms with E-state index in [1.54, 1.807) is 0 Å². The number of carboxylic acid groups (broad SMARTS) is 1. The summed E-state index contributed by atoms with van der Waals surface area (Å²) in [7, 11) is 1.27. The summed E-state index contributed by atoms with van der Waals surface area (Å²) in [4.78, 5) is 9.22. The Kier molecular flexibility index (Phi) is 9.59. The maximum Gasteiger partial charge on any atom is 0.364 e. The number of hydrogen-bond donors (Lipinski definition) is 1. The van der Waals surface area contributed by atoms with Gasteiger partial charge in [-0.25, -0.2) is 4.79 Å². The second-order valence-electron chi connectivity index (χ2n) is 1.41.